The first-order chi connectivity index (χ1) is 12.6. The third-order valence-corrected chi connectivity index (χ3v) is 4.09. The van der Waals surface area contributed by atoms with E-state index in [1.807, 2.05) is 12.1 Å². The van der Waals surface area contributed by atoms with Crippen LogP contribution in [0.1, 0.15) is 22.3 Å². The van der Waals surface area contributed by atoms with E-state index in [2.05, 4.69) is 28.6 Å². The predicted octanol–water partition coefficient (Wildman–Crippen LogP) is 2.54. The molecule has 140 valence electrons. The Labute approximate surface area is 153 Å². The maximum Gasteiger partial charge on any atom is 0.191 e. The predicted molar refractivity (Wildman–Crippen MR) is 102 cm³/mol. The lowest BCUT2D eigenvalue weighted by molar-refractivity contribution is 0.275. The SMILES string of the molecule is CN=C(NCCc1cc(C)ccc1OC)NCc1ccc(F)c(CO)c1. The van der Waals surface area contributed by atoms with Crippen LogP contribution in [0.15, 0.2) is 41.4 Å². The zero-order valence-electron chi connectivity index (χ0n) is 15.5. The Balaban J connectivity index is 1.88. The van der Waals surface area contributed by atoms with Gasteiger partial charge in [-0.15, -0.1) is 0 Å². The molecular formula is C20H26FN3O2. The normalized spacial score (nSPS) is 11.3. The summed E-state index contributed by atoms with van der Waals surface area (Å²) in [5.41, 5.74) is 3.50. The summed E-state index contributed by atoms with van der Waals surface area (Å²) in [6, 6.07) is 10.8. The molecule has 6 heteroatoms. The second-order valence-corrected chi connectivity index (χ2v) is 6.00. The number of guanidine groups is 1. The van der Waals surface area contributed by atoms with Gasteiger partial charge in [0, 0.05) is 25.7 Å². The molecule has 2 rings (SSSR count). The molecule has 5 nitrogen and oxygen atoms in total. The van der Waals surface area contributed by atoms with Crippen molar-refractivity contribution in [1.82, 2.24) is 10.6 Å². The summed E-state index contributed by atoms with van der Waals surface area (Å²) in [4.78, 5) is 4.19. The van der Waals surface area contributed by atoms with E-state index in [1.165, 1.54) is 11.6 Å². The second-order valence-electron chi connectivity index (χ2n) is 6.00. The fraction of sp³-hybridized carbons (Fsp3) is 0.350. The summed E-state index contributed by atoms with van der Waals surface area (Å²) in [7, 11) is 3.37. The van der Waals surface area contributed by atoms with Crippen LogP contribution in [0.5, 0.6) is 5.75 Å². The van der Waals surface area contributed by atoms with Crippen LogP contribution in [0, 0.1) is 12.7 Å². The summed E-state index contributed by atoms with van der Waals surface area (Å²) in [6.45, 7) is 2.93. The third kappa shape index (κ3) is 5.46. The number of nitrogens with one attached hydrogen (secondary N) is 2. The number of aryl methyl sites for hydroxylation is 1. The van der Waals surface area contributed by atoms with Crippen molar-refractivity contribution < 1.29 is 14.2 Å². The molecule has 2 aromatic carbocycles. The molecule has 0 unspecified atom stereocenters. The maximum atomic E-state index is 13.4. The highest BCUT2D eigenvalue weighted by Crippen LogP contribution is 2.19. The quantitative estimate of drug-likeness (QED) is 0.525. The van der Waals surface area contributed by atoms with Crippen molar-refractivity contribution in [3.63, 3.8) is 0 Å². The molecule has 0 aromatic heterocycles. The number of nitrogens with zero attached hydrogens (tertiary/aromatic N) is 1. The fourth-order valence-corrected chi connectivity index (χ4v) is 2.68. The number of halogens is 1. The first kappa shape index (κ1) is 19.7. The van der Waals surface area contributed by atoms with Crippen LogP contribution < -0.4 is 15.4 Å². The first-order valence-corrected chi connectivity index (χ1v) is 8.53. The number of hydrogen-bond acceptors (Lipinski definition) is 3. The highest BCUT2D eigenvalue weighted by molar-refractivity contribution is 5.79. The van der Waals surface area contributed by atoms with E-state index in [0.29, 0.717) is 24.6 Å². The molecule has 0 aliphatic rings. The molecule has 2 aromatic rings. The molecule has 26 heavy (non-hydrogen) atoms. The van der Waals surface area contributed by atoms with Crippen LogP contribution in [0.25, 0.3) is 0 Å². The van der Waals surface area contributed by atoms with Gasteiger partial charge < -0.3 is 20.5 Å². The topological polar surface area (TPSA) is 65.9 Å². The Morgan fingerprint density at radius 3 is 2.65 bits per heavy atom. The minimum Gasteiger partial charge on any atom is -0.496 e. The van der Waals surface area contributed by atoms with E-state index >= 15 is 0 Å². The minimum atomic E-state index is -0.397. The molecule has 3 N–H and O–H groups in total. The van der Waals surface area contributed by atoms with E-state index in [9.17, 15) is 4.39 Å². The smallest absolute Gasteiger partial charge is 0.191 e. The molecular weight excluding hydrogens is 333 g/mol. The number of aliphatic imine (C=N–C) groups is 1. The van der Waals surface area contributed by atoms with Gasteiger partial charge >= 0.3 is 0 Å². The molecule has 0 aliphatic carbocycles. The van der Waals surface area contributed by atoms with Crippen molar-refractivity contribution >= 4 is 5.96 Å². The number of rotatable bonds is 7. The van der Waals surface area contributed by atoms with Gasteiger partial charge in [-0.3, -0.25) is 4.99 Å². The summed E-state index contributed by atoms with van der Waals surface area (Å²) < 4.78 is 18.8. The van der Waals surface area contributed by atoms with E-state index in [1.54, 1.807) is 26.3 Å². The van der Waals surface area contributed by atoms with Gasteiger partial charge in [0.15, 0.2) is 5.96 Å². The van der Waals surface area contributed by atoms with Crippen molar-refractivity contribution in [2.45, 2.75) is 26.5 Å². The fourth-order valence-electron chi connectivity index (χ4n) is 2.68. The number of benzene rings is 2. The Hall–Kier alpha value is -2.60. The second kappa shape index (κ2) is 9.77. The van der Waals surface area contributed by atoms with Crippen LogP contribution in [0.3, 0.4) is 0 Å². The molecule has 0 radical (unpaired) electrons. The number of methoxy groups -OCH3 is 1. The lowest BCUT2D eigenvalue weighted by Crippen LogP contribution is -2.37. The van der Waals surface area contributed by atoms with Crippen LogP contribution in [0.2, 0.25) is 0 Å². The lowest BCUT2D eigenvalue weighted by atomic mass is 10.1. The Morgan fingerprint density at radius 2 is 1.96 bits per heavy atom. The van der Waals surface area contributed by atoms with E-state index < -0.39 is 5.82 Å². The Morgan fingerprint density at radius 1 is 1.15 bits per heavy atom. The molecule has 0 fully saturated rings. The van der Waals surface area contributed by atoms with Gasteiger partial charge in [-0.2, -0.15) is 0 Å². The molecule has 0 saturated carbocycles. The summed E-state index contributed by atoms with van der Waals surface area (Å²) in [5.74, 6) is 1.14. The maximum absolute atomic E-state index is 13.4. The zero-order chi connectivity index (χ0) is 18.9. The zero-order valence-corrected chi connectivity index (χ0v) is 15.5. The average molecular weight is 359 g/mol. The van der Waals surface area contributed by atoms with Crippen LogP contribution >= 0.6 is 0 Å². The average Bonchev–Trinajstić information content (AvgIpc) is 2.65. The highest BCUT2D eigenvalue weighted by atomic mass is 19.1. The lowest BCUT2D eigenvalue weighted by Gasteiger charge is -2.14. The summed E-state index contributed by atoms with van der Waals surface area (Å²) in [6.07, 6.45) is 0.802. The van der Waals surface area contributed by atoms with Crippen LogP contribution in [-0.2, 0) is 19.6 Å². The number of aliphatic hydroxyl groups excluding tert-OH is 1. The molecule has 0 aliphatic heterocycles. The van der Waals surface area contributed by atoms with Crippen molar-refractivity contribution in [3.8, 4) is 5.75 Å². The number of aliphatic hydroxyl groups is 1. The molecule has 0 bridgehead atoms. The van der Waals surface area contributed by atoms with E-state index in [-0.39, 0.29) is 6.61 Å². The Kier molecular flexibility index (Phi) is 7.41. The van der Waals surface area contributed by atoms with Crippen molar-refractivity contribution in [3.05, 3.63) is 64.5 Å². The van der Waals surface area contributed by atoms with Crippen molar-refractivity contribution in [1.29, 1.82) is 0 Å². The van der Waals surface area contributed by atoms with E-state index in [0.717, 1.165) is 23.3 Å². The number of hydrogen-bond donors (Lipinski definition) is 3. The van der Waals surface area contributed by atoms with Crippen molar-refractivity contribution in [2.24, 2.45) is 4.99 Å². The molecule has 0 amide bonds. The summed E-state index contributed by atoms with van der Waals surface area (Å²) >= 11 is 0. The Bertz CT molecular complexity index is 763. The van der Waals surface area contributed by atoms with Crippen molar-refractivity contribution in [2.75, 3.05) is 20.7 Å². The van der Waals surface area contributed by atoms with Gasteiger partial charge in [-0.05, 0) is 42.7 Å². The largest absolute Gasteiger partial charge is 0.496 e. The molecule has 0 saturated heterocycles. The highest BCUT2D eigenvalue weighted by Gasteiger charge is 2.06. The van der Waals surface area contributed by atoms with Crippen LogP contribution in [0.4, 0.5) is 4.39 Å². The number of ether oxygens (including phenoxy) is 1. The standard InChI is InChI=1S/C20H26FN3O2/c1-14-4-7-19(26-3)16(10-14)8-9-23-20(22-2)24-12-15-5-6-18(21)17(11-15)13-25/h4-7,10-11,25H,8-9,12-13H2,1-3H3,(H2,22,23,24). The van der Waals surface area contributed by atoms with Gasteiger partial charge in [-0.25, -0.2) is 4.39 Å². The third-order valence-electron chi connectivity index (χ3n) is 4.09. The molecule has 0 spiro atoms. The van der Waals surface area contributed by atoms with Gasteiger partial charge in [0.25, 0.3) is 0 Å². The van der Waals surface area contributed by atoms with Gasteiger partial charge in [0.2, 0.25) is 0 Å². The van der Waals surface area contributed by atoms with Gasteiger partial charge in [-0.1, -0.05) is 23.8 Å². The summed E-state index contributed by atoms with van der Waals surface area (Å²) in [5, 5.41) is 15.6. The van der Waals surface area contributed by atoms with Gasteiger partial charge in [0.05, 0.1) is 13.7 Å². The monoisotopic (exact) mass is 359 g/mol. The molecule has 0 heterocycles. The minimum absolute atomic E-state index is 0.291. The first-order valence-electron chi connectivity index (χ1n) is 8.53. The van der Waals surface area contributed by atoms with Gasteiger partial charge in [0.1, 0.15) is 11.6 Å². The van der Waals surface area contributed by atoms with E-state index in [4.69, 9.17) is 9.84 Å². The molecule has 0 atom stereocenters. The van der Waals surface area contributed by atoms with Crippen LogP contribution in [-0.4, -0.2) is 31.8 Å².